The van der Waals surface area contributed by atoms with E-state index < -0.39 is 0 Å². The Morgan fingerprint density at radius 3 is 2.29 bits per heavy atom. The van der Waals surface area contributed by atoms with E-state index in [1.165, 1.54) is 12.9 Å². The summed E-state index contributed by atoms with van der Waals surface area (Å²) in [6, 6.07) is 0. The normalized spacial score (nSPS) is 6.43. The molecule has 0 fully saturated rings. The van der Waals surface area contributed by atoms with Crippen LogP contribution in [0.15, 0.2) is 5.76 Å². The molecule has 1 radical (unpaired) electrons. The fourth-order valence-electron chi connectivity index (χ4n) is 0.0833. The Morgan fingerprint density at radius 2 is 2.14 bits per heavy atom. The van der Waals surface area contributed by atoms with Crippen LogP contribution in [0.1, 0.15) is 6.92 Å². The van der Waals surface area contributed by atoms with Crippen molar-refractivity contribution < 1.29 is 14.3 Å². The van der Waals surface area contributed by atoms with Gasteiger partial charge in [-0.2, -0.15) is 0 Å². The monoisotopic (exact) mass is 99.0 g/mol. The first-order chi connectivity index (χ1) is 3.31. The Morgan fingerprint density at radius 1 is 1.57 bits per heavy atom. The molecule has 0 atom stereocenters. The predicted octanol–water partition coefficient (Wildman–Crippen LogP) is -0.194. The Labute approximate surface area is 40.6 Å². The third-order valence-electron chi connectivity index (χ3n) is 0.338. The summed E-state index contributed by atoms with van der Waals surface area (Å²) < 4.78 is 3.88. The molecule has 0 saturated heterocycles. The average Bonchev–Trinajstić information content (AvgIpc) is 1.68. The molecule has 3 heteroatoms. The summed E-state index contributed by atoms with van der Waals surface area (Å²) >= 11 is 0. The maximum atomic E-state index is 9.43. The van der Waals surface area contributed by atoms with Crippen molar-refractivity contribution in [2.75, 3.05) is 0 Å². The molecule has 0 bridgehead atoms. The first kappa shape index (κ1) is 5.92. The zero-order valence-electron chi connectivity index (χ0n) is 3.72. The first-order valence-electron chi connectivity index (χ1n) is 1.57. The van der Waals surface area contributed by atoms with Crippen LogP contribution in [-0.4, -0.2) is 12.4 Å². The highest BCUT2D eigenvalue weighted by atomic mass is 16.5. The van der Waals surface area contributed by atoms with Gasteiger partial charge in [0.15, 0.2) is 11.7 Å². The van der Waals surface area contributed by atoms with Crippen LogP contribution in [0.25, 0.3) is 0 Å². The summed E-state index contributed by atoms with van der Waals surface area (Å²) in [5.41, 5.74) is 0. The van der Waals surface area contributed by atoms with Gasteiger partial charge in [0.1, 0.15) is 0 Å². The number of carbonyl (C=O) groups excluding carboxylic acids is 2. The molecule has 0 aromatic rings. The zero-order valence-corrected chi connectivity index (χ0v) is 3.72. The Bertz CT molecular complexity index is 110. The minimum absolute atomic E-state index is 0.102. The molecule has 0 aliphatic heterocycles. The van der Waals surface area contributed by atoms with Gasteiger partial charge in [-0.25, -0.2) is 9.59 Å². The molecular formula is C4H3O3. The van der Waals surface area contributed by atoms with Crippen LogP contribution in [0.3, 0.4) is 0 Å². The van der Waals surface area contributed by atoms with Crippen molar-refractivity contribution >= 4 is 12.4 Å². The molecule has 0 amide bonds. The van der Waals surface area contributed by atoms with E-state index in [4.69, 9.17) is 0 Å². The maximum Gasteiger partial charge on any atom is 0.423 e. The fraction of sp³-hybridized carbons (Fsp3) is 0.250. The molecule has 0 aliphatic carbocycles. The summed E-state index contributed by atoms with van der Waals surface area (Å²) in [5.74, 6) is 1.25. The molecule has 0 heterocycles. The SMILES string of the molecule is CC(=C=O)O[C]=O. The highest BCUT2D eigenvalue weighted by molar-refractivity contribution is 5.53. The van der Waals surface area contributed by atoms with Gasteiger partial charge in [0, 0.05) is 6.92 Å². The summed E-state index contributed by atoms with van der Waals surface area (Å²) in [6.07, 6.45) is 0. The molecule has 37 valence electrons. The standard InChI is InChI=1S/C4H3O3/c1-4(2-5)7-3-6/h1H3. The van der Waals surface area contributed by atoms with Crippen LogP contribution in [0.4, 0.5) is 0 Å². The van der Waals surface area contributed by atoms with Crippen LogP contribution in [-0.2, 0) is 14.3 Å². The Hall–Kier alpha value is -1.08. The van der Waals surface area contributed by atoms with E-state index in [0.29, 0.717) is 0 Å². The van der Waals surface area contributed by atoms with Crippen molar-refractivity contribution in [3.8, 4) is 0 Å². The van der Waals surface area contributed by atoms with Crippen LogP contribution in [0.5, 0.6) is 0 Å². The smallest absolute Gasteiger partial charge is 0.411 e. The van der Waals surface area contributed by atoms with Crippen molar-refractivity contribution in [3.63, 3.8) is 0 Å². The second kappa shape index (κ2) is 3.12. The molecule has 7 heavy (non-hydrogen) atoms. The minimum atomic E-state index is -0.102. The summed E-state index contributed by atoms with van der Waals surface area (Å²) in [6.45, 7) is 2.39. The van der Waals surface area contributed by atoms with Crippen molar-refractivity contribution in [1.29, 1.82) is 0 Å². The lowest BCUT2D eigenvalue weighted by molar-refractivity contribution is 0.365. The second-order valence-corrected chi connectivity index (χ2v) is 0.844. The van der Waals surface area contributed by atoms with E-state index in [-0.39, 0.29) is 5.76 Å². The predicted molar refractivity (Wildman–Crippen MR) is 21.7 cm³/mol. The number of hydrogen-bond donors (Lipinski definition) is 0. The lowest BCUT2D eigenvalue weighted by atomic mass is 10.7. The lowest BCUT2D eigenvalue weighted by Gasteiger charge is -1.81. The molecular weight excluding hydrogens is 96.0 g/mol. The third-order valence-corrected chi connectivity index (χ3v) is 0.338. The van der Waals surface area contributed by atoms with E-state index in [0.717, 1.165) is 6.47 Å². The lowest BCUT2D eigenvalue weighted by Crippen LogP contribution is -1.82. The van der Waals surface area contributed by atoms with Gasteiger partial charge in [-0.1, -0.05) is 0 Å². The maximum absolute atomic E-state index is 9.43. The number of ether oxygens (including phenoxy) is 1. The number of allylic oxidation sites excluding steroid dienone is 1. The van der Waals surface area contributed by atoms with Gasteiger partial charge in [0.2, 0.25) is 0 Å². The van der Waals surface area contributed by atoms with E-state index >= 15 is 0 Å². The van der Waals surface area contributed by atoms with Crippen LogP contribution < -0.4 is 0 Å². The molecule has 0 rings (SSSR count). The van der Waals surface area contributed by atoms with Gasteiger partial charge in [-0.05, 0) is 0 Å². The number of rotatable bonds is 2. The van der Waals surface area contributed by atoms with Crippen molar-refractivity contribution in [1.82, 2.24) is 0 Å². The van der Waals surface area contributed by atoms with Crippen molar-refractivity contribution in [2.24, 2.45) is 0 Å². The topological polar surface area (TPSA) is 43.4 Å². The molecule has 0 aliphatic rings. The summed E-state index contributed by atoms with van der Waals surface area (Å²) in [4.78, 5) is 18.7. The first-order valence-corrected chi connectivity index (χ1v) is 1.57. The molecule has 3 nitrogen and oxygen atoms in total. The fourth-order valence-corrected chi connectivity index (χ4v) is 0.0833. The van der Waals surface area contributed by atoms with E-state index in [1.807, 2.05) is 0 Å². The third kappa shape index (κ3) is 2.73. The molecule has 0 spiro atoms. The highest BCUT2D eigenvalue weighted by Gasteiger charge is 1.83. The van der Waals surface area contributed by atoms with Gasteiger partial charge >= 0.3 is 6.47 Å². The Balaban J connectivity index is 3.58. The quantitative estimate of drug-likeness (QED) is 0.356. The minimum Gasteiger partial charge on any atom is -0.411 e. The van der Waals surface area contributed by atoms with Crippen molar-refractivity contribution in [2.45, 2.75) is 6.92 Å². The average molecular weight is 99.1 g/mol. The van der Waals surface area contributed by atoms with Gasteiger partial charge < -0.3 is 4.74 Å². The summed E-state index contributed by atoms with van der Waals surface area (Å²) in [7, 11) is 0. The molecule has 0 N–H and O–H groups in total. The van der Waals surface area contributed by atoms with E-state index in [1.54, 1.807) is 0 Å². The van der Waals surface area contributed by atoms with Gasteiger partial charge in [-0.3, -0.25) is 0 Å². The highest BCUT2D eigenvalue weighted by Crippen LogP contribution is 1.80. The van der Waals surface area contributed by atoms with Crippen LogP contribution >= 0.6 is 0 Å². The second-order valence-electron chi connectivity index (χ2n) is 0.844. The Kier molecular flexibility index (Phi) is 2.64. The van der Waals surface area contributed by atoms with Gasteiger partial charge in [-0.15, -0.1) is 0 Å². The molecule has 0 saturated carbocycles. The van der Waals surface area contributed by atoms with Crippen molar-refractivity contribution in [3.05, 3.63) is 5.76 Å². The molecule has 0 aromatic carbocycles. The molecule has 0 unspecified atom stereocenters. The largest absolute Gasteiger partial charge is 0.423 e. The van der Waals surface area contributed by atoms with E-state index in [2.05, 4.69) is 4.74 Å². The van der Waals surface area contributed by atoms with Crippen LogP contribution in [0.2, 0.25) is 0 Å². The van der Waals surface area contributed by atoms with Gasteiger partial charge in [0.05, 0.1) is 0 Å². The number of hydrogen-bond acceptors (Lipinski definition) is 3. The van der Waals surface area contributed by atoms with Gasteiger partial charge in [0.25, 0.3) is 0 Å². The van der Waals surface area contributed by atoms with Crippen LogP contribution in [0, 0.1) is 0 Å². The molecule has 0 aromatic heterocycles. The van der Waals surface area contributed by atoms with E-state index in [9.17, 15) is 9.59 Å². The zero-order chi connectivity index (χ0) is 5.70. The summed E-state index contributed by atoms with van der Waals surface area (Å²) in [5, 5.41) is 0.